The van der Waals surface area contributed by atoms with Crippen molar-refractivity contribution >= 4 is 11.8 Å². The van der Waals surface area contributed by atoms with E-state index in [0.717, 1.165) is 11.3 Å². The number of likely N-dealkylation sites (tertiary alicyclic amines) is 1. The molecule has 1 N–H and O–H groups in total. The predicted octanol–water partition coefficient (Wildman–Crippen LogP) is 0.552. The Morgan fingerprint density at radius 2 is 2.10 bits per heavy atom. The summed E-state index contributed by atoms with van der Waals surface area (Å²) in [7, 11) is 1.72. The van der Waals surface area contributed by atoms with E-state index in [0.29, 0.717) is 38.5 Å². The summed E-state index contributed by atoms with van der Waals surface area (Å²) >= 11 is 0. The smallest absolute Gasteiger partial charge is 0.225 e. The van der Waals surface area contributed by atoms with E-state index in [9.17, 15) is 9.59 Å². The summed E-state index contributed by atoms with van der Waals surface area (Å²) in [6.45, 7) is 2.02. The highest BCUT2D eigenvalue weighted by atomic mass is 16.6. The number of fused-ring (bicyclic) bond motifs is 1. The van der Waals surface area contributed by atoms with Gasteiger partial charge in [-0.2, -0.15) is 0 Å². The fourth-order valence-corrected chi connectivity index (χ4v) is 2.57. The van der Waals surface area contributed by atoms with Crippen LogP contribution in [0.4, 0.5) is 0 Å². The van der Waals surface area contributed by atoms with Crippen molar-refractivity contribution in [1.29, 1.82) is 0 Å². The number of amides is 2. The van der Waals surface area contributed by atoms with E-state index in [1.54, 1.807) is 11.9 Å². The van der Waals surface area contributed by atoms with Crippen LogP contribution >= 0.6 is 0 Å². The third kappa shape index (κ3) is 2.94. The quantitative estimate of drug-likeness (QED) is 0.883. The number of ether oxygens (including phenoxy) is 2. The van der Waals surface area contributed by atoms with Gasteiger partial charge >= 0.3 is 0 Å². The van der Waals surface area contributed by atoms with Crippen LogP contribution in [0.15, 0.2) is 18.2 Å². The highest BCUT2D eigenvalue weighted by molar-refractivity contribution is 5.89. The van der Waals surface area contributed by atoms with Gasteiger partial charge in [0.15, 0.2) is 11.5 Å². The molecule has 2 aliphatic rings. The van der Waals surface area contributed by atoms with Gasteiger partial charge in [0, 0.05) is 26.6 Å². The number of benzene rings is 1. The monoisotopic (exact) mass is 290 g/mol. The van der Waals surface area contributed by atoms with E-state index >= 15 is 0 Å². The number of hydrogen-bond acceptors (Lipinski definition) is 4. The minimum Gasteiger partial charge on any atom is -0.486 e. The van der Waals surface area contributed by atoms with Gasteiger partial charge in [-0.05, 0) is 17.7 Å². The van der Waals surface area contributed by atoms with E-state index in [4.69, 9.17) is 9.47 Å². The summed E-state index contributed by atoms with van der Waals surface area (Å²) in [5.74, 6) is 1.14. The van der Waals surface area contributed by atoms with Crippen LogP contribution in [0.2, 0.25) is 0 Å². The first kappa shape index (κ1) is 13.7. The minimum absolute atomic E-state index is 0.0227. The number of nitrogens with one attached hydrogen (secondary N) is 1. The lowest BCUT2D eigenvalue weighted by Crippen LogP contribution is -2.31. The summed E-state index contributed by atoms with van der Waals surface area (Å²) < 4.78 is 11.0. The first-order valence-electron chi connectivity index (χ1n) is 7.03. The topological polar surface area (TPSA) is 67.9 Å². The summed E-state index contributed by atoms with van der Waals surface area (Å²) in [5, 5.41) is 2.87. The maximum atomic E-state index is 12.1. The van der Waals surface area contributed by atoms with Gasteiger partial charge in [0.25, 0.3) is 0 Å². The van der Waals surface area contributed by atoms with E-state index in [1.165, 1.54) is 0 Å². The molecule has 3 rings (SSSR count). The van der Waals surface area contributed by atoms with Crippen molar-refractivity contribution in [3.63, 3.8) is 0 Å². The predicted molar refractivity (Wildman–Crippen MR) is 75.0 cm³/mol. The molecule has 1 aromatic rings. The Labute approximate surface area is 123 Å². The van der Waals surface area contributed by atoms with Gasteiger partial charge in [0.1, 0.15) is 13.2 Å². The Morgan fingerprint density at radius 3 is 2.81 bits per heavy atom. The number of nitrogens with zero attached hydrogens (tertiary/aromatic N) is 1. The van der Waals surface area contributed by atoms with Crippen molar-refractivity contribution in [2.45, 2.75) is 13.0 Å². The number of carbonyl (C=O) groups is 2. The van der Waals surface area contributed by atoms with Crippen LogP contribution < -0.4 is 14.8 Å². The summed E-state index contributed by atoms with van der Waals surface area (Å²) in [6, 6.07) is 5.63. The van der Waals surface area contributed by atoms with Crippen LogP contribution in [0.1, 0.15) is 12.0 Å². The fourth-order valence-electron chi connectivity index (χ4n) is 2.57. The Morgan fingerprint density at radius 1 is 1.33 bits per heavy atom. The van der Waals surface area contributed by atoms with Crippen molar-refractivity contribution in [3.05, 3.63) is 23.8 Å². The Kier molecular flexibility index (Phi) is 3.68. The Bertz CT molecular complexity index is 573. The maximum absolute atomic E-state index is 12.1. The Balaban J connectivity index is 1.58. The molecule has 1 saturated heterocycles. The molecule has 21 heavy (non-hydrogen) atoms. The van der Waals surface area contributed by atoms with Gasteiger partial charge in [-0.25, -0.2) is 0 Å². The van der Waals surface area contributed by atoms with Gasteiger partial charge < -0.3 is 19.7 Å². The van der Waals surface area contributed by atoms with Crippen LogP contribution in [-0.2, 0) is 16.1 Å². The Hall–Kier alpha value is -2.24. The molecule has 0 radical (unpaired) electrons. The third-order valence-corrected chi connectivity index (χ3v) is 3.79. The molecule has 0 spiro atoms. The maximum Gasteiger partial charge on any atom is 0.225 e. The highest BCUT2D eigenvalue weighted by Gasteiger charge is 2.31. The van der Waals surface area contributed by atoms with Gasteiger partial charge in [0.05, 0.1) is 5.92 Å². The van der Waals surface area contributed by atoms with Gasteiger partial charge in [-0.15, -0.1) is 0 Å². The zero-order valence-electron chi connectivity index (χ0n) is 11.9. The molecule has 112 valence electrons. The van der Waals surface area contributed by atoms with Crippen LogP contribution in [0, 0.1) is 5.92 Å². The van der Waals surface area contributed by atoms with Crippen LogP contribution in [-0.4, -0.2) is 43.5 Å². The molecule has 0 bridgehead atoms. The first-order chi connectivity index (χ1) is 10.1. The lowest BCUT2D eigenvalue weighted by atomic mass is 10.1. The molecular formula is C15H18N2O4. The normalized spacial score (nSPS) is 20.5. The molecule has 1 aromatic carbocycles. The van der Waals surface area contributed by atoms with E-state index in [-0.39, 0.29) is 17.7 Å². The van der Waals surface area contributed by atoms with E-state index in [1.807, 2.05) is 18.2 Å². The van der Waals surface area contributed by atoms with Crippen LogP contribution in [0.25, 0.3) is 0 Å². The molecule has 0 aromatic heterocycles. The molecular weight excluding hydrogens is 272 g/mol. The van der Waals surface area contributed by atoms with Crippen molar-refractivity contribution in [2.75, 3.05) is 26.8 Å². The molecule has 6 heteroatoms. The highest BCUT2D eigenvalue weighted by Crippen LogP contribution is 2.30. The van der Waals surface area contributed by atoms with Crippen molar-refractivity contribution in [2.24, 2.45) is 5.92 Å². The lowest BCUT2D eigenvalue weighted by Gasteiger charge is -2.19. The van der Waals surface area contributed by atoms with Gasteiger partial charge in [0.2, 0.25) is 11.8 Å². The average molecular weight is 290 g/mol. The second-order valence-corrected chi connectivity index (χ2v) is 5.37. The molecule has 0 aliphatic carbocycles. The van der Waals surface area contributed by atoms with E-state index < -0.39 is 0 Å². The number of carbonyl (C=O) groups excluding carboxylic acids is 2. The van der Waals surface area contributed by atoms with Crippen molar-refractivity contribution in [1.82, 2.24) is 10.2 Å². The molecule has 1 unspecified atom stereocenters. The SMILES string of the molecule is CN1CC(C(=O)NCc2ccc3c(c2)OCCO3)CC1=O. The van der Waals surface area contributed by atoms with Crippen LogP contribution in [0.3, 0.4) is 0 Å². The van der Waals surface area contributed by atoms with Crippen molar-refractivity contribution < 1.29 is 19.1 Å². The number of rotatable bonds is 3. The molecule has 1 fully saturated rings. The second kappa shape index (κ2) is 5.63. The molecule has 2 amide bonds. The van der Waals surface area contributed by atoms with Crippen molar-refractivity contribution in [3.8, 4) is 11.5 Å². The summed E-state index contributed by atoms with van der Waals surface area (Å²) in [4.78, 5) is 25.1. The largest absolute Gasteiger partial charge is 0.486 e. The molecule has 1 atom stereocenters. The summed E-state index contributed by atoms with van der Waals surface area (Å²) in [6.07, 6.45) is 0.295. The van der Waals surface area contributed by atoms with Gasteiger partial charge in [-0.3, -0.25) is 9.59 Å². The van der Waals surface area contributed by atoms with Gasteiger partial charge in [-0.1, -0.05) is 6.07 Å². The lowest BCUT2D eigenvalue weighted by molar-refractivity contribution is -0.128. The zero-order chi connectivity index (χ0) is 14.8. The molecule has 6 nitrogen and oxygen atoms in total. The standard InChI is InChI=1S/C15H18N2O4/c1-17-9-11(7-14(17)18)15(19)16-8-10-2-3-12-13(6-10)21-5-4-20-12/h2-3,6,11H,4-5,7-9H2,1H3,(H,16,19). The fraction of sp³-hybridized carbons (Fsp3) is 0.467. The first-order valence-corrected chi connectivity index (χ1v) is 7.03. The molecule has 2 aliphatic heterocycles. The number of hydrogen-bond donors (Lipinski definition) is 1. The third-order valence-electron chi connectivity index (χ3n) is 3.79. The minimum atomic E-state index is -0.250. The average Bonchev–Trinajstić information content (AvgIpc) is 2.84. The van der Waals surface area contributed by atoms with E-state index in [2.05, 4.69) is 5.32 Å². The summed E-state index contributed by atoms with van der Waals surface area (Å²) in [5.41, 5.74) is 0.949. The zero-order valence-corrected chi connectivity index (χ0v) is 11.9. The second-order valence-electron chi connectivity index (χ2n) is 5.37. The van der Waals surface area contributed by atoms with Crippen LogP contribution in [0.5, 0.6) is 11.5 Å². The molecule has 2 heterocycles. The molecule has 0 saturated carbocycles.